The first-order valence-electron chi connectivity index (χ1n) is 8.58. The topological polar surface area (TPSA) is 59.6 Å². The number of rotatable bonds is 7. The lowest BCUT2D eigenvalue weighted by atomic mass is 9.96. The van der Waals surface area contributed by atoms with Gasteiger partial charge in [-0.15, -0.1) is 0 Å². The van der Waals surface area contributed by atoms with Crippen molar-refractivity contribution < 1.29 is 14.3 Å². The fourth-order valence-electron chi connectivity index (χ4n) is 2.93. The van der Waals surface area contributed by atoms with E-state index in [-0.39, 0.29) is 11.4 Å². The Bertz CT molecular complexity index is 724. The molecule has 1 saturated carbocycles. The van der Waals surface area contributed by atoms with Crippen LogP contribution < -0.4 is 20.1 Å². The molecule has 3 rings (SSSR count). The van der Waals surface area contributed by atoms with Crippen molar-refractivity contribution in [1.29, 1.82) is 0 Å². The molecular weight excluding hydrogens is 316 g/mol. The summed E-state index contributed by atoms with van der Waals surface area (Å²) in [4.78, 5) is 12.3. The Morgan fingerprint density at radius 3 is 2.48 bits per heavy atom. The van der Waals surface area contributed by atoms with Gasteiger partial charge in [0.25, 0.3) is 0 Å². The lowest BCUT2D eigenvalue weighted by molar-refractivity contribution is 0.251. The van der Waals surface area contributed by atoms with E-state index >= 15 is 0 Å². The number of carbonyl (C=O) groups is 1. The molecule has 2 amide bonds. The molecule has 2 N–H and O–H groups in total. The second kappa shape index (κ2) is 7.47. The lowest BCUT2D eigenvalue weighted by Gasteiger charge is -2.18. The lowest BCUT2D eigenvalue weighted by Crippen LogP contribution is -2.35. The van der Waals surface area contributed by atoms with E-state index in [1.807, 2.05) is 43.3 Å². The number of nitrogens with one attached hydrogen (secondary N) is 2. The van der Waals surface area contributed by atoms with Crippen LogP contribution >= 0.6 is 0 Å². The summed E-state index contributed by atoms with van der Waals surface area (Å²) < 4.78 is 10.7. The van der Waals surface area contributed by atoms with E-state index < -0.39 is 0 Å². The van der Waals surface area contributed by atoms with Crippen molar-refractivity contribution in [3.05, 3.63) is 54.1 Å². The van der Waals surface area contributed by atoms with Gasteiger partial charge in [-0.2, -0.15) is 0 Å². The number of benzene rings is 2. The van der Waals surface area contributed by atoms with Gasteiger partial charge in [-0.1, -0.05) is 24.3 Å². The van der Waals surface area contributed by atoms with Gasteiger partial charge in [0, 0.05) is 12.0 Å². The number of carbonyl (C=O) groups excluding carboxylic acids is 1. The Morgan fingerprint density at radius 1 is 1.12 bits per heavy atom. The Morgan fingerprint density at radius 2 is 1.84 bits per heavy atom. The van der Waals surface area contributed by atoms with Crippen molar-refractivity contribution >= 4 is 11.7 Å². The van der Waals surface area contributed by atoms with Gasteiger partial charge >= 0.3 is 6.03 Å². The quantitative estimate of drug-likeness (QED) is 0.802. The summed E-state index contributed by atoms with van der Waals surface area (Å²) in [6.45, 7) is 3.09. The number of hydrogen-bond donors (Lipinski definition) is 2. The molecule has 1 aliphatic rings. The molecule has 1 aliphatic carbocycles. The maximum Gasteiger partial charge on any atom is 0.319 e. The molecule has 0 heterocycles. The average Bonchev–Trinajstić information content (AvgIpc) is 3.43. The van der Waals surface area contributed by atoms with Crippen molar-refractivity contribution in [1.82, 2.24) is 5.32 Å². The largest absolute Gasteiger partial charge is 0.497 e. The number of ether oxygens (including phenoxy) is 2. The smallest absolute Gasteiger partial charge is 0.319 e. The molecule has 0 bridgehead atoms. The molecule has 25 heavy (non-hydrogen) atoms. The Hall–Kier alpha value is -2.69. The molecule has 0 aromatic heterocycles. The first-order chi connectivity index (χ1) is 12.2. The standard InChI is InChI=1S/C20H24N2O3/c1-3-25-18-7-5-4-6-17(18)22-19(23)21-14-20(12-13-20)15-8-10-16(24-2)11-9-15/h4-11H,3,12-14H2,1-2H3,(H2,21,22,23). The first-order valence-corrected chi connectivity index (χ1v) is 8.58. The zero-order valence-electron chi connectivity index (χ0n) is 14.7. The van der Waals surface area contributed by atoms with Gasteiger partial charge in [-0.3, -0.25) is 0 Å². The number of hydrogen-bond acceptors (Lipinski definition) is 3. The summed E-state index contributed by atoms with van der Waals surface area (Å²) in [5.41, 5.74) is 1.96. The van der Waals surface area contributed by atoms with Crippen molar-refractivity contribution in [2.24, 2.45) is 0 Å². The van der Waals surface area contributed by atoms with Crippen molar-refractivity contribution in [2.75, 3.05) is 25.6 Å². The molecule has 132 valence electrons. The molecule has 5 heteroatoms. The highest BCUT2D eigenvalue weighted by molar-refractivity contribution is 5.91. The van der Waals surface area contributed by atoms with Crippen molar-refractivity contribution in [3.63, 3.8) is 0 Å². The molecule has 0 atom stereocenters. The Labute approximate surface area is 148 Å². The van der Waals surface area contributed by atoms with Crippen LogP contribution in [0.2, 0.25) is 0 Å². The van der Waals surface area contributed by atoms with Crippen LogP contribution in [0.1, 0.15) is 25.3 Å². The number of urea groups is 1. The fraction of sp³-hybridized carbons (Fsp3) is 0.350. The van der Waals surface area contributed by atoms with Gasteiger partial charge in [0.15, 0.2) is 0 Å². The molecule has 5 nitrogen and oxygen atoms in total. The van der Waals surface area contributed by atoms with Gasteiger partial charge in [-0.05, 0) is 49.6 Å². The van der Waals surface area contributed by atoms with E-state index in [0.29, 0.717) is 24.6 Å². The number of amides is 2. The van der Waals surface area contributed by atoms with E-state index in [1.165, 1.54) is 5.56 Å². The zero-order chi connectivity index (χ0) is 17.7. The Balaban J connectivity index is 1.59. The summed E-state index contributed by atoms with van der Waals surface area (Å²) >= 11 is 0. The molecule has 1 fully saturated rings. The first kappa shape index (κ1) is 17.1. The summed E-state index contributed by atoms with van der Waals surface area (Å²) in [6.07, 6.45) is 2.16. The van der Waals surface area contributed by atoms with Crippen molar-refractivity contribution in [3.8, 4) is 11.5 Å². The number of para-hydroxylation sites is 2. The molecule has 2 aromatic carbocycles. The second-order valence-electron chi connectivity index (χ2n) is 6.25. The minimum Gasteiger partial charge on any atom is -0.497 e. The van der Waals surface area contributed by atoms with Crippen LogP contribution in [0.4, 0.5) is 10.5 Å². The molecule has 0 saturated heterocycles. The number of anilines is 1. The van der Waals surface area contributed by atoms with Crippen LogP contribution in [-0.4, -0.2) is 26.3 Å². The van der Waals surface area contributed by atoms with Crippen LogP contribution in [0.15, 0.2) is 48.5 Å². The van der Waals surface area contributed by atoms with Crippen molar-refractivity contribution in [2.45, 2.75) is 25.2 Å². The SMILES string of the molecule is CCOc1ccccc1NC(=O)NCC1(c2ccc(OC)cc2)CC1. The normalized spacial score (nSPS) is 14.5. The fourth-order valence-corrected chi connectivity index (χ4v) is 2.93. The molecular formula is C20H24N2O3. The maximum absolute atomic E-state index is 12.3. The van der Waals surface area contributed by atoms with E-state index in [9.17, 15) is 4.79 Å². The third-order valence-electron chi connectivity index (χ3n) is 4.58. The summed E-state index contributed by atoms with van der Waals surface area (Å²) in [6, 6.07) is 15.3. The molecule has 0 unspecified atom stereocenters. The van der Waals surface area contributed by atoms with E-state index in [4.69, 9.17) is 9.47 Å². The highest BCUT2D eigenvalue weighted by atomic mass is 16.5. The van der Waals surface area contributed by atoms with E-state index in [2.05, 4.69) is 22.8 Å². The van der Waals surface area contributed by atoms with E-state index in [0.717, 1.165) is 18.6 Å². The average molecular weight is 340 g/mol. The molecule has 0 radical (unpaired) electrons. The second-order valence-corrected chi connectivity index (χ2v) is 6.25. The van der Waals surface area contributed by atoms with Gasteiger partial charge in [-0.25, -0.2) is 4.79 Å². The number of methoxy groups -OCH3 is 1. The molecule has 0 spiro atoms. The predicted molar refractivity (Wildman–Crippen MR) is 98.5 cm³/mol. The summed E-state index contributed by atoms with van der Waals surface area (Å²) in [5, 5.41) is 5.86. The van der Waals surface area contributed by atoms with Crippen LogP contribution in [0.3, 0.4) is 0 Å². The Kier molecular flexibility index (Phi) is 5.12. The van der Waals surface area contributed by atoms with Crippen LogP contribution in [0.5, 0.6) is 11.5 Å². The minimum atomic E-state index is -0.216. The maximum atomic E-state index is 12.3. The van der Waals surface area contributed by atoms with Gasteiger partial charge in [0.05, 0.1) is 19.4 Å². The molecule has 2 aromatic rings. The van der Waals surface area contributed by atoms with Crippen LogP contribution in [0, 0.1) is 0 Å². The summed E-state index contributed by atoms with van der Waals surface area (Å²) in [7, 11) is 1.66. The van der Waals surface area contributed by atoms with Crippen LogP contribution in [0.25, 0.3) is 0 Å². The third-order valence-corrected chi connectivity index (χ3v) is 4.58. The van der Waals surface area contributed by atoms with Gasteiger partial charge < -0.3 is 20.1 Å². The highest BCUT2D eigenvalue weighted by Crippen LogP contribution is 2.47. The predicted octanol–water partition coefficient (Wildman–Crippen LogP) is 3.95. The monoisotopic (exact) mass is 340 g/mol. The van der Waals surface area contributed by atoms with Crippen LogP contribution in [-0.2, 0) is 5.41 Å². The van der Waals surface area contributed by atoms with E-state index in [1.54, 1.807) is 7.11 Å². The minimum absolute atomic E-state index is 0.0447. The van der Waals surface area contributed by atoms with Gasteiger partial charge in [0.1, 0.15) is 11.5 Å². The molecule has 0 aliphatic heterocycles. The third kappa shape index (κ3) is 4.05. The zero-order valence-corrected chi connectivity index (χ0v) is 14.7. The summed E-state index contributed by atoms with van der Waals surface area (Å²) in [5.74, 6) is 1.52. The highest BCUT2D eigenvalue weighted by Gasteiger charge is 2.44. The van der Waals surface area contributed by atoms with Gasteiger partial charge in [0.2, 0.25) is 0 Å².